The van der Waals surface area contributed by atoms with Crippen LogP contribution in [0.15, 0.2) is 29.6 Å². The van der Waals surface area contributed by atoms with E-state index in [-0.39, 0.29) is 6.10 Å². The Morgan fingerprint density at radius 1 is 1.27 bits per heavy atom. The molecule has 0 aliphatic carbocycles. The SMILES string of the molecule is CCOP(=O)(OCC)C1=C(c2ccc(Cl)cc2)OC(CI)C1. The summed E-state index contributed by atoms with van der Waals surface area (Å²) in [6, 6.07) is 7.29. The molecule has 22 heavy (non-hydrogen) atoms. The molecule has 1 heterocycles. The van der Waals surface area contributed by atoms with E-state index in [0.29, 0.717) is 35.7 Å². The number of alkyl halides is 1. The van der Waals surface area contributed by atoms with Gasteiger partial charge in [-0.3, -0.25) is 4.57 Å². The molecule has 0 radical (unpaired) electrons. The van der Waals surface area contributed by atoms with Crippen LogP contribution in [0.5, 0.6) is 0 Å². The zero-order valence-electron chi connectivity index (χ0n) is 12.6. The summed E-state index contributed by atoms with van der Waals surface area (Å²) in [7, 11) is -3.33. The highest BCUT2D eigenvalue weighted by atomic mass is 127. The van der Waals surface area contributed by atoms with Gasteiger partial charge in [0.25, 0.3) is 0 Å². The van der Waals surface area contributed by atoms with Crippen molar-refractivity contribution in [2.75, 3.05) is 17.6 Å². The first-order valence-electron chi connectivity index (χ1n) is 7.15. The Kier molecular flexibility index (Phi) is 6.77. The van der Waals surface area contributed by atoms with Crippen molar-refractivity contribution in [3.63, 3.8) is 0 Å². The van der Waals surface area contributed by atoms with Gasteiger partial charge in [0.05, 0.1) is 18.5 Å². The lowest BCUT2D eigenvalue weighted by atomic mass is 10.2. The van der Waals surface area contributed by atoms with Gasteiger partial charge in [-0.15, -0.1) is 0 Å². The second-order valence-electron chi connectivity index (χ2n) is 4.71. The van der Waals surface area contributed by atoms with Crippen LogP contribution in [0.2, 0.25) is 5.02 Å². The summed E-state index contributed by atoms with van der Waals surface area (Å²) in [5, 5.41) is 1.27. The van der Waals surface area contributed by atoms with Crippen molar-refractivity contribution >= 4 is 47.5 Å². The van der Waals surface area contributed by atoms with Gasteiger partial charge >= 0.3 is 7.60 Å². The van der Waals surface area contributed by atoms with E-state index < -0.39 is 7.60 Å². The molecular formula is C15H19ClIO4P. The minimum atomic E-state index is -3.33. The van der Waals surface area contributed by atoms with Crippen LogP contribution >= 0.6 is 41.8 Å². The zero-order chi connectivity index (χ0) is 16.2. The highest BCUT2D eigenvalue weighted by Gasteiger charge is 2.40. The number of hydrogen-bond acceptors (Lipinski definition) is 4. The van der Waals surface area contributed by atoms with E-state index in [9.17, 15) is 4.57 Å². The summed E-state index contributed by atoms with van der Waals surface area (Å²) in [6.45, 7) is 4.26. The molecule has 0 fully saturated rings. The van der Waals surface area contributed by atoms with Crippen LogP contribution in [-0.4, -0.2) is 23.7 Å². The van der Waals surface area contributed by atoms with Gasteiger partial charge < -0.3 is 13.8 Å². The van der Waals surface area contributed by atoms with Crippen molar-refractivity contribution in [1.29, 1.82) is 0 Å². The third-order valence-corrected chi connectivity index (χ3v) is 6.65. The van der Waals surface area contributed by atoms with Crippen molar-refractivity contribution in [2.24, 2.45) is 0 Å². The first kappa shape index (κ1) is 18.3. The van der Waals surface area contributed by atoms with E-state index in [2.05, 4.69) is 22.6 Å². The largest absolute Gasteiger partial charge is 0.488 e. The lowest BCUT2D eigenvalue weighted by Crippen LogP contribution is -2.07. The average Bonchev–Trinajstić information content (AvgIpc) is 2.93. The topological polar surface area (TPSA) is 44.8 Å². The molecule has 0 spiro atoms. The molecule has 1 aromatic carbocycles. The Hall–Kier alpha value is -0.0700. The van der Waals surface area contributed by atoms with E-state index in [4.69, 9.17) is 25.4 Å². The predicted molar refractivity (Wildman–Crippen MR) is 97.6 cm³/mol. The van der Waals surface area contributed by atoms with Gasteiger partial charge in [-0.25, -0.2) is 0 Å². The van der Waals surface area contributed by atoms with Crippen molar-refractivity contribution in [2.45, 2.75) is 26.4 Å². The lowest BCUT2D eigenvalue weighted by molar-refractivity contribution is 0.215. The molecule has 1 unspecified atom stereocenters. The Morgan fingerprint density at radius 2 is 1.86 bits per heavy atom. The average molecular weight is 457 g/mol. The van der Waals surface area contributed by atoms with Crippen LogP contribution in [0.1, 0.15) is 25.8 Å². The zero-order valence-corrected chi connectivity index (χ0v) is 16.4. The summed E-state index contributed by atoms with van der Waals surface area (Å²) in [5.74, 6) is 0.601. The molecule has 0 saturated carbocycles. The van der Waals surface area contributed by atoms with Crippen LogP contribution in [0.25, 0.3) is 5.76 Å². The molecular weight excluding hydrogens is 437 g/mol. The van der Waals surface area contributed by atoms with Crippen molar-refractivity contribution in [3.05, 3.63) is 40.2 Å². The van der Waals surface area contributed by atoms with E-state index >= 15 is 0 Å². The van der Waals surface area contributed by atoms with Crippen molar-refractivity contribution in [1.82, 2.24) is 0 Å². The first-order chi connectivity index (χ1) is 10.5. The lowest BCUT2D eigenvalue weighted by Gasteiger charge is -2.18. The summed E-state index contributed by atoms with van der Waals surface area (Å²) >= 11 is 8.20. The van der Waals surface area contributed by atoms with Gasteiger partial charge in [0, 0.05) is 21.4 Å². The molecule has 0 aromatic heterocycles. The van der Waals surface area contributed by atoms with Gasteiger partial charge in [0.15, 0.2) is 0 Å². The first-order valence-corrected chi connectivity index (χ1v) is 10.6. The molecule has 0 amide bonds. The maximum absolute atomic E-state index is 13.1. The monoisotopic (exact) mass is 456 g/mol. The molecule has 0 saturated heterocycles. The molecule has 1 atom stereocenters. The number of halogens is 2. The van der Waals surface area contributed by atoms with Crippen LogP contribution in [0, 0.1) is 0 Å². The fraction of sp³-hybridized carbons (Fsp3) is 0.467. The summed E-state index contributed by atoms with van der Waals surface area (Å²) in [4.78, 5) is 0. The molecule has 1 aliphatic heterocycles. The van der Waals surface area contributed by atoms with E-state index in [1.807, 2.05) is 12.1 Å². The van der Waals surface area contributed by atoms with Gasteiger partial charge in [0.2, 0.25) is 0 Å². The molecule has 7 heteroatoms. The Bertz CT molecular complexity index is 578. The van der Waals surface area contributed by atoms with Crippen LogP contribution in [-0.2, 0) is 18.3 Å². The number of ether oxygens (including phenoxy) is 1. The van der Waals surface area contributed by atoms with Gasteiger partial charge in [-0.05, 0) is 38.1 Å². The molecule has 0 N–H and O–H groups in total. The van der Waals surface area contributed by atoms with Gasteiger partial charge in [-0.1, -0.05) is 34.2 Å². The smallest absolute Gasteiger partial charge is 0.361 e. The third-order valence-electron chi connectivity index (χ3n) is 3.17. The maximum atomic E-state index is 13.1. The molecule has 1 aliphatic rings. The normalized spacial score (nSPS) is 18.6. The number of benzene rings is 1. The minimum absolute atomic E-state index is 0.0180. The van der Waals surface area contributed by atoms with E-state index in [1.54, 1.807) is 26.0 Å². The van der Waals surface area contributed by atoms with Crippen molar-refractivity contribution in [3.8, 4) is 0 Å². The van der Waals surface area contributed by atoms with E-state index in [0.717, 1.165) is 9.99 Å². The summed E-state index contributed by atoms with van der Waals surface area (Å²) in [6.07, 6.45) is 0.536. The molecule has 122 valence electrons. The Labute approximate surface area is 149 Å². The number of hydrogen-bond donors (Lipinski definition) is 0. The molecule has 2 rings (SSSR count). The number of rotatable bonds is 7. The van der Waals surface area contributed by atoms with Crippen LogP contribution in [0.4, 0.5) is 0 Å². The standard InChI is InChI=1S/C15H19ClIO4P/c1-3-19-22(18,20-4-2)14-9-13(10-17)21-15(14)11-5-7-12(16)8-6-11/h5-8,13H,3-4,9-10H2,1-2H3. The third kappa shape index (κ3) is 4.06. The van der Waals surface area contributed by atoms with Crippen LogP contribution < -0.4 is 0 Å². The van der Waals surface area contributed by atoms with Crippen LogP contribution in [0.3, 0.4) is 0 Å². The summed E-state index contributed by atoms with van der Waals surface area (Å²) in [5.41, 5.74) is 0.839. The van der Waals surface area contributed by atoms with Gasteiger partial charge in [-0.2, -0.15) is 0 Å². The summed E-state index contributed by atoms with van der Waals surface area (Å²) < 4.78 is 30.9. The maximum Gasteiger partial charge on any atom is 0.361 e. The highest BCUT2D eigenvalue weighted by molar-refractivity contribution is 14.1. The highest BCUT2D eigenvalue weighted by Crippen LogP contribution is 2.62. The second kappa shape index (κ2) is 8.15. The van der Waals surface area contributed by atoms with Gasteiger partial charge in [0.1, 0.15) is 11.9 Å². The van der Waals surface area contributed by atoms with E-state index in [1.165, 1.54) is 0 Å². The molecule has 1 aromatic rings. The Balaban J connectivity index is 2.46. The minimum Gasteiger partial charge on any atom is -0.488 e. The second-order valence-corrected chi connectivity index (χ2v) is 8.08. The molecule has 4 nitrogen and oxygen atoms in total. The molecule has 0 bridgehead atoms. The predicted octanol–water partition coefficient (Wildman–Crippen LogP) is 5.50. The Morgan fingerprint density at radius 3 is 2.36 bits per heavy atom. The fourth-order valence-corrected chi connectivity index (χ4v) is 4.82. The quantitative estimate of drug-likeness (QED) is 0.309. The van der Waals surface area contributed by atoms with Crippen molar-refractivity contribution < 1.29 is 18.3 Å². The fourth-order valence-electron chi connectivity index (χ4n) is 2.28.